The normalized spacial score (nSPS) is 11.5. The van der Waals surface area contributed by atoms with Crippen molar-refractivity contribution >= 4 is 45.4 Å². The predicted molar refractivity (Wildman–Crippen MR) is 136 cm³/mol. The van der Waals surface area contributed by atoms with Gasteiger partial charge in [-0.05, 0) is 40.8 Å². The Balaban J connectivity index is 1.29. The highest BCUT2D eigenvalue weighted by Crippen LogP contribution is 2.22. The van der Waals surface area contributed by atoms with E-state index in [2.05, 4.69) is 37.4 Å². The lowest BCUT2D eigenvalue weighted by Gasteiger charge is -2.08. The van der Waals surface area contributed by atoms with Crippen LogP contribution in [0.5, 0.6) is 5.75 Å². The summed E-state index contributed by atoms with van der Waals surface area (Å²) in [4.78, 5) is 18.0. The number of hydrogen-bond donors (Lipinski definition) is 1. The Kier molecular flexibility index (Phi) is 6.35. The topological polar surface area (TPSA) is 77.8 Å². The van der Waals surface area contributed by atoms with Gasteiger partial charge in [0.05, 0.1) is 20.0 Å². The first kappa shape index (κ1) is 21.9. The summed E-state index contributed by atoms with van der Waals surface area (Å²) in [6.45, 7) is 1.34. The van der Waals surface area contributed by atoms with Crippen molar-refractivity contribution in [2.24, 2.45) is 0 Å². The Morgan fingerprint density at radius 3 is 2.76 bits per heavy atom. The molecule has 0 amide bonds. The Hall–Kier alpha value is -3.97. The number of benzene rings is 2. The number of hydrogen-bond acceptors (Lipinski definition) is 6. The third-order valence-corrected chi connectivity index (χ3v) is 5.81. The van der Waals surface area contributed by atoms with Crippen molar-refractivity contribution in [2.75, 3.05) is 19.0 Å². The molecule has 0 saturated heterocycles. The molecule has 34 heavy (non-hydrogen) atoms. The highest BCUT2D eigenvalue weighted by Gasteiger charge is 2.11. The molecule has 3 heterocycles. The van der Waals surface area contributed by atoms with Crippen LogP contribution < -0.4 is 10.1 Å². The van der Waals surface area contributed by atoms with E-state index < -0.39 is 0 Å². The third kappa shape index (κ3) is 4.56. The Morgan fingerprint density at radius 1 is 1.06 bits per heavy atom. The molecule has 0 atom stereocenters. The van der Waals surface area contributed by atoms with E-state index in [1.807, 2.05) is 53.2 Å². The molecule has 0 radical (unpaired) electrons. The van der Waals surface area contributed by atoms with E-state index in [9.17, 15) is 0 Å². The standard InChI is InChI=1S/C26H23ClN6O/c1-34-22-7-5-18(6-8-22)15-33-17-32-24-25(30-16-31-26(24)33)28-12-10-21-13-20-4-2-3-19(9-11-27)23(20)14-29-21/h2-9,11,13-14,16-17H,10,12,15H2,1H3,(H,28,30,31). The second-order valence-corrected chi connectivity index (χ2v) is 8.08. The van der Waals surface area contributed by atoms with Gasteiger partial charge in [0.15, 0.2) is 11.5 Å². The number of rotatable bonds is 8. The van der Waals surface area contributed by atoms with Gasteiger partial charge in [-0.25, -0.2) is 15.0 Å². The minimum atomic E-state index is 0.666. The molecule has 7 nitrogen and oxygen atoms in total. The molecule has 0 spiro atoms. The minimum absolute atomic E-state index is 0.666. The SMILES string of the molecule is COc1ccc(Cn2cnc3c(NCCc4cc5cccc(C=CCl)c5cn4)ncnc32)cc1. The average Bonchev–Trinajstić information content (AvgIpc) is 3.28. The first-order valence-corrected chi connectivity index (χ1v) is 11.4. The molecule has 2 aromatic carbocycles. The summed E-state index contributed by atoms with van der Waals surface area (Å²) >= 11 is 5.76. The van der Waals surface area contributed by atoms with E-state index in [1.54, 1.807) is 19.8 Å². The van der Waals surface area contributed by atoms with Gasteiger partial charge in [-0.3, -0.25) is 4.98 Å². The summed E-state index contributed by atoms with van der Waals surface area (Å²) in [7, 11) is 1.66. The number of aromatic nitrogens is 5. The zero-order valence-electron chi connectivity index (χ0n) is 18.6. The van der Waals surface area contributed by atoms with Crippen LogP contribution in [0.1, 0.15) is 16.8 Å². The quantitative estimate of drug-likeness (QED) is 0.332. The van der Waals surface area contributed by atoms with Crippen molar-refractivity contribution in [1.29, 1.82) is 0 Å². The van der Waals surface area contributed by atoms with Gasteiger partial charge in [-0.15, -0.1) is 0 Å². The van der Waals surface area contributed by atoms with Gasteiger partial charge >= 0.3 is 0 Å². The van der Waals surface area contributed by atoms with Crippen molar-refractivity contribution in [3.63, 3.8) is 0 Å². The Bertz CT molecular complexity index is 1460. The molecule has 3 aromatic heterocycles. The number of nitrogens with one attached hydrogen (secondary N) is 1. The molecule has 0 bridgehead atoms. The Labute approximate surface area is 202 Å². The highest BCUT2D eigenvalue weighted by atomic mass is 35.5. The monoisotopic (exact) mass is 470 g/mol. The predicted octanol–water partition coefficient (Wildman–Crippen LogP) is 5.30. The van der Waals surface area contributed by atoms with Crippen LogP contribution in [0.25, 0.3) is 28.0 Å². The number of imidazole rings is 1. The minimum Gasteiger partial charge on any atom is -0.497 e. The maximum atomic E-state index is 5.76. The van der Waals surface area contributed by atoms with E-state index in [0.29, 0.717) is 18.9 Å². The maximum Gasteiger partial charge on any atom is 0.165 e. The second-order valence-electron chi connectivity index (χ2n) is 7.83. The molecule has 5 rings (SSSR count). The Morgan fingerprint density at radius 2 is 1.94 bits per heavy atom. The molecule has 0 saturated carbocycles. The molecule has 0 fully saturated rings. The lowest BCUT2D eigenvalue weighted by atomic mass is 10.1. The summed E-state index contributed by atoms with van der Waals surface area (Å²) in [5.74, 6) is 1.55. The van der Waals surface area contributed by atoms with Crippen molar-refractivity contribution in [1.82, 2.24) is 24.5 Å². The van der Waals surface area contributed by atoms with Gasteiger partial charge in [-0.2, -0.15) is 0 Å². The van der Waals surface area contributed by atoms with Gasteiger partial charge in [0.25, 0.3) is 0 Å². The zero-order valence-corrected chi connectivity index (χ0v) is 19.4. The molecular weight excluding hydrogens is 448 g/mol. The van der Waals surface area contributed by atoms with Crippen LogP contribution in [0.3, 0.4) is 0 Å². The molecule has 170 valence electrons. The summed E-state index contributed by atoms with van der Waals surface area (Å²) in [5.41, 5.74) is 6.26. The van der Waals surface area contributed by atoms with Crippen LogP contribution in [-0.4, -0.2) is 38.2 Å². The van der Waals surface area contributed by atoms with Crippen LogP contribution in [0, 0.1) is 0 Å². The van der Waals surface area contributed by atoms with E-state index in [-0.39, 0.29) is 0 Å². The van der Waals surface area contributed by atoms with Crippen molar-refractivity contribution in [3.8, 4) is 5.75 Å². The number of anilines is 1. The lowest BCUT2D eigenvalue weighted by Crippen LogP contribution is -2.08. The van der Waals surface area contributed by atoms with Crippen molar-refractivity contribution in [2.45, 2.75) is 13.0 Å². The fourth-order valence-corrected chi connectivity index (χ4v) is 4.09. The molecule has 1 N–H and O–H groups in total. The van der Waals surface area contributed by atoms with Crippen LogP contribution in [0.4, 0.5) is 5.82 Å². The largest absolute Gasteiger partial charge is 0.497 e. The summed E-state index contributed by atoms with van der Waals surface area (Å²) < 4.78 is 7.25. The molecule has 0 aliphatic rings. The van der Waals surface area contributed by atoms with Gasteiger partial charge in [0.2, 0.25) is 0 Å². The highest BCUT2D eigenvalue weighted by molar-refractivity contribution is 6.27. The smallest absolute Gasteiger partial charge is 0.165 e. The molecule has 0 aliphatic heterocycles. The molecule has 5 aromatic rings. The van der Waals surface area contributed by atoms with Gasteiger partial charge in [-0.1, -0.05) is 41.9 Å². The first-order valence-electron chi connectivity index (χ1n) is 10.9. The lowest BCUT2D eigenvalue weighted by molar-refractivity contribution is 0.414. The van der Waals surface area contributed by atoms with Crippen LogP contribution >= 0.6 is 11.6 Å². The van der Waals surface area contributed by atoms with E-state index in [0.717, 1.165) is 50.9 Å². The van der Waals surface area contributed by atoms with E-state index in [1.165, 1.54) is 5.54 Å². The fraction of sp³-hybridized carbons (Fsp3) is 0.154. The summed E-state index contributed by atoms with van der Waals surface area (Å²) in [6, 6.07) is 16.2. The number of pyridine rings is 1. The van der Waals surface area contributed by atoms with Gasteiger partial charge in [0, 0.05) is 35.8 Å². The second kappa shape index (κ2) is 9.89. The fourth-order valence-electron chi connectivity index (χ4n) is 3.95. The number of methoxy groups -OCH3 is 1. The maximum absolute atomic E-state index is 5.76. The summed E-state index contributed by atoms with van der Waals surface area (Å²) in [6.07, 6.45) is 7.90. The first-order chi connectivity index (χ1) is 16.7. The van der Waals surface area contributed by atoms with E-state index >= 15 is 0 Å². The molecule has 0 unspecified atom stereocenters. The third-order valence-electron chi connectivity index (χ3n) is 5.68. The number of halogens is 1. The number of nitrogens with zero attached hydrogens (tertiary/aromatic N) is 5. The average molecular weight is 471 g/mol. The van der Waals surface area contributed by atoms with Crippen molar-refractivity contribution in [3.05, 3.63) is 89.7 Å². The molecule has 8 heteroatoms. The van der Waals surface area contributed by atoms with Crippen LogP contribution in [-0.2, 0) is 13.0 Å². The zero-order chi connectivity index (χ0) is 23.3. The van der Waals surface area contributed by atoms with E-state index in [4.69, 9.17) is 16.3 Å². The van der Waals surface area contributed by atoms with Gasteiger partial charge < -0.3 is 14.6 Å². The van der Waals surface area contributed by atoms with Crippen molar-refractivity contribution < 1.29 is 4.74 Å². The molecular formula is C26H23ClN6O. The number of ether oxygens (including phenoxy) is 1. The summed E-state index contributed by atoms with van der Waals surface area (Å²) in [5, 5.41) is 5.61. The van der Waals surface area contributed by atoms with Gasteiger partial charge in [0.1, 0.15) is 17.6 Å². The van der Waals surface area contributed by atoms with Crippen LogP contribution in [0.15, 0.2) is 72.9 Å². The molecule has 0 aliphatic carbocycles. The van der Waals surface area contributed by atoms with Crippen LogP contribution in [0.2, 0.25) is 0 Å². The number of fused-ring (bicyclic) bond motifs is 2.